The first-order valence-electron chi connectivity index (χ1n) is 6.91. The first kappa shape index (κ1) is 14.6. The van der Waals surface area contributed by atoms with Crippen molar-refractivity contribution in [2.24, 2.45) is 0 Å². The van der Waals surface area contributed by atoms with Crippen LogP contribution < -0.4 is 10.1 Å². The molecule has 1 fully saturated rings. The maximum atomic E-state index is 6.21. The Morgan fingerprint density at radius 3 is 2.58 bits per heavy atom. The van der Waals surface area contributed by atoms with E-state index in [1.165, 1.54) is 11.1 Å². The van der Waals surface area contributed by atoms with Gasteiger partial charge in [-0.3, -0.25) is 4.90 Å². The van der Waals surface area contributed by atoms with Crippen molar-refractivity contribution >= 4 is 11.6 Å². The predicted octanol–water partition coefficient (Wildman–Crippen LogP) is 2.88. The summed E-state index contributed by atoms with van der Waals surface area (Å²) >= 11 is 6.21. The molecule has 1 saturated heterocycles. The molecular weight excluding hydrogens is 260 g/mol. The molecular formula is C15H23ClN2O. The van der Waals surface area contributed by atoms with Crippen molar-refractivity contribution in [1.82, 2.24) is 10.2 Å². The molecule has 3 nitrogen and oxygen atoms in total. The summed E-state index contributed by atoms with van der Waals surface area (Å²) in [5.74, 6) is 1.35. The number of hydrogen-bond acceptors (Lipinski definition) is 3. The Morgan fingerprint density at radius 1 is 1.32 bits per heavy atom. The Morgan fingerprint density at radius 2 is 2.00 bits per heavy atom. The first-order chi connectivity index (χ1) is 9.11. The summed E-state index contributed by atoms with van der Waals surface area (Å²) in [6, 6.07) is 4.00. The van der Waals surface area contributed by atoms with Crippen LogP contribution in [0.4, 0.5) is 0 Å². The second-order valence-electron chi connectivity index (χ2n) is 5.36. The fourth-order valence-electron chi connectivity index (χ4n) is 2.71. The average molecular weight is 283 g/mol. The van der Waals surface area contributed by atoms with Crippen molar-refractivity contribution in [3.63, 3.8) is 0 Å². The molecule has 1 aromatic rings. The topological polar surface area (TPSA) is 24.5 Å². The van der Waals surface area contributed by atoms with Crippen molar-refractivity contribution in [2.45, 2.75) is 26.3 Å². The summed E-state index contributed by atoms with van der Waals surface area (Å²) < 4.78 is 5.50. The summed E-state index contributed by atoms with van der Waals surface area (Å²) in [7, 11) is 1.71. The molecule has 0 radical (unpaired) electrons. The summed E-state index contributed by atoms with van der Waals surface area (Å²) in [6.45, 7) is 9.66. The second-order valence-corrected chi connectivity index (χ2v) is 5.80. The number of ether oxygens (including phenoxy) is 1. The maximum Gasteiger partial charge on any atom is 0.124 e. The van der Waals surface area contributed by atoms with Gasteiger partial charge >= 0.3 is 0 Å². The van der Waals surface area contributed by atoms with Gasteiger partial charge < -0.3 is 10.1 Å². The largest absolute Gasteiger partial charge is 0.496 e. The van der Waals surface area contributed by atoms with E-state index in [1.54, 1.807) is 7.11 Å². The molecule has 1 heterocycles. The monoisotopic (exact) mass is 282 g/mol. The lowest BCUT2D eigenvalue weighted by molar-refractivity contribution is 0.232. The van der Waals surface area contributed by atoms with E-state index in [2.05, 4.69) is 30.1 Å². The Bertz CT molecular complexity index is 428. The molecule has 0 atom stereocenters. The Kier molecular flexibility index (Phi) is 5.08. The number of methoxy groups -OCH3 is 1. The van der Waals surface area contributed by atoms with Crippen molar-refractivity contribution in [2.75, 3.05) is 33.3 Å². The first-order valence-corrected chi connectivity index (χ1v) is 7.29. The summed E-state index contributed by atoms with van der Waals surface area (Å²) in [5, 5.41) is 4.14. The van der Waals surface area contributed by atoms with Crippen molar-refractivity contribution < 1.29 is 4.74 Å². The zero-order valence-electron chi connectivity index (χ0n) is 12.0. The zero-order valence-corrected chi connectivity index (χ0v) is 12.8. The number of hydrogen-bond donors (Lipinski definition) is 1. The molecule has 0 bridgehead atoms. The SMILES string of the molecule is COc1cc(Cl)cc(CN2CCNCC2)c1C(C)C. The van der Waals surface area contributed by atoms with Crippen molar-refractivity contribution in [3.8, 4) is 5.75 Å². The quantitative estimate of drug-likeness (QED) is 0.919. The van der Waals surface area contributed by atoms with E-state index in [1.807, 2.05) is 6.07 Å². The lowest BCUT2D eigenvalue weighted by Gasteiger charge is -2.29. The molecule has 0 aromatic heterocycles. The number of benzene rings is 1. The summed E-state index contributed by atoms with van der Waals surface area (Å²) in [5.41, 5.74) is 2.58. The van der Waals surface area contributed by atoms with Crippen molar-refractivity contribution in [3.05, 3.63) is 28.3 Å². The van der Waals surface area contributed by atoms with Gasteiger partial charge in [-0.1, -0.05) is 25.4 Å². The minimum absolute atomic E-state index is 0.435. The number of piperazine rings is 1. The molecule has 0 amide bonds. The fourth-order valence-corrected chi connectivity index (χ4v) is 2.94. The van der Waals surface area contributed by atoms with Gasteiger partial charge in [-0.15, -0.1) is 0 Å². The molecule has 2 rings (SSSR count). The van der Waals surface area contributed by atoms with Crippen LogP contribution in [0.15, 0.2) is 12.1 Å². The van der Waals surface area contributed by atoms with E-state index in [0.29, 0.717) is 5.92 Å². The minimum atomic E-state index is 0.435. The highest BCUT2D eigenvalue weighted by Crippen LogP contribution is 2.33. The van der Waals surface area contributed by atoms with E-state index >= 15 is 0 Å². The molecule has 1 aliphatic rings. The molecule has 0 spiro atoms. The predicted molar refractivity (Wildman–Crippen MR) is 80.2 cm³/mol. The average Bonchev–Trinajstić information content (AvgIpc) is 2.38. The van der Waals surface area contributed by atoms with Gasteiger partial charge in [-0.2, -0.15) is 0 Å². The van der Waals surface area contributed by atoms with Gasteiger partial charge in [0.2, 0.25) is 0 Å². The van der Waals surface area contributed by atoms with Crippen LogP contribution in [0.2, 0.25) is 5.02 Å². The second kappa shape index (κ2) is 6.60. The van der Waals surface area contributed by atoms with Gasteiger partial charge in [-0.25, -0.2) is 0 Å². The third kappa shape index (κ3) is 3.62. The number of nitrogens with zero attached hydrogens (tertiary/aromatic N) is 1. The standard InChI is InChI=1S/C15H23ClN2O/c1-11(2)15-12(8-13(16)9-14(15)19-3)10-18-6-4-17-5-7-18/h8-9,11,17H,4-7,10H2,1-3H3. The molecule has 106 valence electrons. The van der Waals surface area contributed by atoms with Gasteiger partial charge in [0.15, 0.2) is 0 Å². The molecule has 1 aliphatic heterocycles. The molecule has 0 unspecified atom stereocenters. The molecule has 4 heteroatoms. The number of halogens is 1. The van der Waals surface area contributed by atoms with Gasteiger partial charge in [-0.05, 0) is 23.6 Å². The van der Waals surface area contributed by atoms with Crippen LogP contribution in [0.25, 0.3) is 0 Å². The van der Waals surface area contributed by atoms with Crippen LogP contribution in [-0.4, -0.2) is 38.2 Å². The summed E-state index contributed by atoms with van der Waals surface area (Å²) in [6.07, 6.45) is 0. The third-order valence-electron chi connectivity index (χ3n) is 3.59. The maximum absolute atomic E-state index is 6.21. The third-order valence-corrected chi connectivity index (χ3v) is 3.81. The van der Waals surface area contributed by atoms with Crippen molar-refractivity contribution in [1.29, 1.82) is 0 Å². The van der Waals surface area contributed by atoms with E-state index < -0.39 is 0 Å². The van der Waals surface area contributed by atoms with E-state index in [-0.39, 0.29) is 0 Å². The highest BCUT2D eigenvalue weighted by molar-refractivity contribution is 6.30. The summed E-state index contributed by atoms with van der Waals surface area (Å²) in [4.78, 5) is 2.47. The Hall–Kier alpha value is -0.770. The highest BCUT2D eigenvalue weighted by atomic mass is 35.5. The van der Waals surface area contributed by atoms with Crippen LogP contribution in [0, 0.1) is 0 Å². The minimum Gasteiger partial charge on any atom is -0.496 e. The number of rotatable bonds is 4. The van der Waals surface area contributed by atoms with E-state index in [0.717, 1.165) is 43.5 Å². The smallest absolute Gasteiger partial charge is 0.124 e. The molecule has 19 heavy (non-hydrogen) atoms. The van der Waals surface area contributed by atoms with Crippen LogP contribution in [-0.2, 0) is 6.54 Å². The Labute approximate surface area is 120 Å². The zero-order chi connectivity index (χ0) is 13.8. The highest BCUT2D eigenvalue weighted by Gasteiger charge is 2.18. The van der Waals surface area contributed by atoms with Crippen LogP contribution >= 0.6 is 11.6 Å². The van der Waals surface area contributed by atoms with Crippen LogP contribution in [0.1, 0.15) is 30.9 Å². The van der Waals surface area contributed by atoms with Gasteiger partial charge in [0.25, 0.3) is 0 Å². The van der Waals surface area contributed by atoms with E-state index in [9.17, 15) is 0 Å². The van der Waals surface area contributed by atoms with Crippen LogP contribution in [0.3, 0.4) is 0 Å². The van der Waals surface area contributed by atoms with Gasteiger partial charge in [0.05, 0.1) is 7.11 Å². The van der Waals surface area contributed by atoms with Crippen LogP contribution in [0.5, 0.6) is 5.75 Å². The van der Waals surface area contributed by atoms with Gasteiger partial charge in [0.1, 0.15) is 5.75 Å². The van der Waals surface area contributed by atoms with Gasteiger partial charge in [0, 0.05) is 43.3 Å². The lowest BCUT2D eigenvalue weighted by atomic mass is 9.95. The molecule has 1 aromatic carbocycles. The normalized spacial score (nSPS) is 16.9. The Balaban J connectivity index is 2.28. The fraction of sp³-hybridized carbons (Fsp3) is 0.600. The lowest BCUT2D eigenvalue weighted by Crippen LogP contribution is -2.43. The number of nitrogens with one attached hydrogen (secondary N) is 1. The molecule has 0 saturated carbocycles. The molecule has 0 aliphatic carbocycles. The van der Waals surface area contributed by atoms with E-state index in [4.69, 9.17) is 16.3 Å². The molecule has 1 N–H and O–H groups in total.